The zero-order valence-electron chi connectivity index (χ0n) is 12.0. The molecule has 0 unspecified atom stereocenters. The number of hydrogen-bond acceptors (Lipinski definition) is 3. The molecule has 1 aliphatic carbocycles. The van der Waals surface area contributed by atoms with Crippen molar-refractivity contribution in [2.75, 3.05) is 7.11 Å². The zero-order valence-corrected chi connectivity index (χ0v) is 12.0. The smallest absolute Gasteiger partial charge is 0.123 e. The predicted octanol–water partition coefficient (Wildman–Crippen LogP) is 3.46. The van der Waals surface area contributed by atoms with Crippen molar-refractivity contribution in [3.63, 3.8) is 0 Å². The average Bonchev–Trinajstić information content (AvgIpc) is 2.46. The summed E-state index contributed by atoms with van der Waals surface area (Å²) in [4.78, 5) is 0. The van der Waals surface area contributed by atoms with Crippen LogP contribution < -0.4 is 10.1 Å². The number of nitrogens with one attached hydrogen (secondary N) is 1. The van der Waals surface area contributed by atoms with Gasteiger partial charge in [-0.1, -0.05) is 25.3 Å². The van der Waals surface area contributed by atoms with E-state index in [-0.39, 0.29) is 0 Å². The van der Waals surface area contributed by atoms with Crippen molar-refractivity contribution in [1.82, 2.24) is 5.32 Å². The van der Waals surface area contributed by atoms with Crippen molar-refractivity contribution in [3.05, 3.63) is 23.8 Å². The molecule has 1 fully saturated rings. The largest absolute Gasteiger partial charge is 0.507 e. The van der Waals surface area contributed by atoms with Crippen LogP contribution in [-0.4, -0.2) is 18.3 Å². The fraction of sp³-hybridized carbons (Fsp3) is 0.625. The van der Waals surface area contributed by atoms with Gasteiger partial charge in [0, 0.05) is 24.2 Å². The Hall–Kier alpha value is -1.22. The third-order valence-electron chi connectivity index (χ3n) is 4.26. The summed E-state index contributed by atoms with van der Waals surface area (Å²) in [7, 11) is 1.61. The van der Waals surface area contributed by atoms with E-state index in [9.17, 15) is 5.11 Å². The molecule has 0 aromatic heterocycles. The second-order valence-corrected chi connectivity index (χ2v) is 5.56. The predicted molar refractivity (Wildman–Crippen MR) is 77.5 cm³/mol. The molecule has 19 heavy (non-hydrogen) atoms. The summed E-state index contributed by atoms with van der Waals surface area (Å²) in [5.41, 5.74) is 0.934. The third-order valence-corrected chi connectivity index (χ3v) is 4.26. The normalized spacial score (nSPS) is 18.2. The van der Waals surface area contributed by atoms with Crippen molar-refractivity contribution in [1.29, 1.82) is 0 Å². The summed E-state index contributed by atoms with van der Waals surface area (Å²) < 4.78 is 5.09. The molecular weight excluding hydrogens is 238 g/mol. The van der Waals surface area contributed by atoms with E-state index in [1.54, 1.807) is 13.2 Å². The minimum absolute atomic E-state index is 0.308. The Morgan fingerprint density at radius 3 is 2.68 bits per heavy atom. The van der Waals surface area contributed by atoms with Gasteiger partial charge >= 0.3 is 0 Å². The van der Waals surface area contributed by atoms with E-state index >= 15 is 0 Å². The van der Waals surface area contributed by atoms with Crippen LogP contribution >= 0.6 is 0 Å². The molecule has 0 heterocycles. The van der Waals surface area contributed by atoms with Gasteiger partial charge in [-0.3, -0.25) is 0 Å². The lowest BCUT2D eigenvalue weighted by Crippen LogP contribution is -2.34. The Morgan fingerprint density at radius 1 is 1.32 bits per heavy atom. The van der Waals surface area contributed by atoms with Crippen LogP contribution in [0.2, 0.25) is 0 Å². The molecule has 1 atom stereocenters. The average molecular weight is 263 g/mol. The monoisotopic (exact) mass is 263 g/mol. The highest BCUT2D eigenvalue weighted by molar-refractivity contribution is 5.39. The molecule has 0 saturated heterocycles. The quantitative estimate of drug-likeness (QED) is 0.855. The van der Waals surface area contributed by atoms with Gasteiger partial charge in [-0.15, -0.1) is 0 Å². The van der Waals surface area contributed by atoms with Gasteiger partial charge in [0.25, 0.3) is 0 Å². The molecule has 106 valence electrons. The van der Waals surface area contributed by atoms with E-state index < -0.39 is 0 Å². The number of benzene rings is 1. The Bertz CT molecular complexity index is 400. The van der Waals surface area contributed by atoms with Crippen molar-refractivity contribution in [2.24, 2.45) is 5.92 Å². The Balaban J connectivity index is 1.87. The molecule has 0 aliphatic heterocycles. The van der Waals surface area contributed by atoms with Gasteiger partial charge in [-0.2, -0.15) is 0 Å². The van der Waals surface area contributed by atoms with Crippen LogP contribution in [0.4, 0.5) is 0 Å². The molecule has 1 aliphatic rings. The molecule has 0 spiro atoms. The number of ether oxygens (including phenoxy) is 1. The number of phenolic OH excluding ortho intramolecular Hbond substituents is 1. The Labute approximate surface area is 116 Å². The lowest BCUT2D eigenvalue weighted by molar-refractivity contribution is 0.280. The van der Waals surface area contributed by atoms with Crippen LogP contribution in [0.15, 0.2) is 18.2 Å². The highest BCUT2D eigenvalue weighted by Gasteiger charge is 2.19. The van der Waals surface area contributed by atoms with Crippen molar-refractivity contribution >= 4 is 0 Å². The molecule has 2 rings (SSSR count). The number of methoxy groups -OCH3 is 1. The zero-order chi connectivity index (χ0) is 13.7. The highest BCUT2D eigenvalue weighted by atomic mass is 16.5. The van der Waals surface area contributed by atoms with Crippen molar-refractivity contribution < 1.29 is 9.84 Å². The molecule has 1 aromatic rings. The van der Waals surface area contributed by atoms with Crippen molar-refractivity contribution in [3.8, 4) is 11.5 Å². The summed E-state index contributed by atoms with van der Waals surface area (Å²) in [5, 5.41) is 13.5. The van der Waals surface area contributed by atoms with Gasteiger partial charge in [-0.25, -0.2) is 0 Å². The fourth-order valence-corrected chi connectivity index (χ4v) is 2.89. The van der Waals surface area contributed by atoms with Gasteiger partial charge in [0.15, 0.2) is 0 Å². The number of phenols is 1. The minimum atomic E-state index is 0.308. The third kappa shape index (κ3) is 3.87. The number of hydrogen-bond donors (Lipinski definition) is 2. The van der Waals surface area contributed by atoms with E-state index in [0.717, 1.165) is 11.5 Å². The molecule has 0 amide bonds. The van der Waals surface area contributed by atoms with Gasteiger partial charge in [-0.05, 0) is 31.7 Å². The van der Waals surface area contributed by atoms with E-state index in [2.05, 4.69) is 12.2 Å². The first-order chi connectivity index (χ1) is 9.20. The number of aromatic hydroxyl groups is 1. The fourth-order valence-electron chi connectivity index (χ4n) is 2.89. The standard InChI is InChI=1S/C16H25NO2/c1-12(13-6-4-3-5-7-13)17-11-14-8-9-15(19-2)10-16(14)18/h8-10,12-13,17-18H,3-7,11H2,1-2H3/t12-/m1/s1. The van der Waals surface area contributed by atoms with Gasteiger partial charge in [0.1, 0.15) is 11.5 Å². The SMILES string of the molecule is COc1ccc(CN[C@H](C)C2CCCCC2)c(O)c1. The molecule has 0 radical (unpaired) electrons. The molecular formula is C16H25NO2. The molecule has 1 aromatic carbocycles. The first-order valence-corrected chi connectivity index (χ1v) is 7.30. The first kappa shape index (κ1) is 14.2. The van der Waals surface area contributed by atoms with Crippen LogP contribution in [0.25, 0.3) is 0 Å². The topological polar surface area (TPSA) is 41.5 Å². The lowest BCUT2D eigenvalue weighted by Gasteiger charge is -2.28. The Morgan fingerprint density at radius 2 is 2.05 bits per heavy atom. The summed E-state index contributed by atoms with van der Waals surface area (Å²) in [5.74, 6) is 1.79. The van der Waals surface area contributed by atoms with Crippen LogP contribution in [0.1, 0.15) is 44.6 Å². The highest BCUT2D eigenvalue weighted by Crippen LogP contribution is 2.27. The Kier molecular flexibility index (Phi) is 5.08. The maximum absolute atomic E-state index is 9.93. The van der Waals surface area contributed by atoms with Crippen LogP contribution in [0, 0.1) is 5.92 Å². The first-order valence-electron chi connectivity index (χ1n) is 7.30. The van der Waals surface area contributed by atoms with E-state index in [1.165, 1.54) is 32.1 Å². The van der Waals surface area contributed by atoms with Gasteiger partial charge < -0.3 is 15.2 Å². The summed E-state index contributed by atoms with van der Waals surface area (Å²) >= 11 is 0. The molecule has 2 N–H and O–H groups in total. The molecule has 3 nitrogen and oxygen atoms in total. The van der Waals surface area contributed by atoms with E-state index in [0.29, 0.717) is 24.1 Å². The molecule has 0 bridgehead atoms. The van der Waals surface area contributed by atoms with E-state index in [4.69, 9.17) is 4.74 Å². The summed E-state index contributed by atoms with van der Waals surface area (Å²) in [6.07, 6.45) is 6.79. The minimum Gasteiger partial charge on any atom is -0.507 e. The summed E-state index contributed by atoms with van der Waals surface area (Å²) in [6.45, 7) is 2.98. The van der Waals surface area contributed by atoms with Crippen molar-refractivity contribution in [2.45, 2.75) is 51.6 Å². The van der Waals surface area contributed by atoms with Crippen LogP contribution in [0.5, 0.6) is 11.5 Å². The van der Waals surface area contributed by atoms with Crippen LogP contribution in [0.3, 0.4) is 0 Å². The second-order valence-electron chi connectivity index (χ2n) is 5.56. The van der Waals surface area contributed by atoms with Gasteiger partial charge in [0.2, 0.25) is 0 Å². The van der Waals surface area contributed by atoms with Crippen LogP contribution in [-0.2, 0) is 6.54 Å². The maximum atomic E-state index is 9.93. The van der Waals surface area contributed by atoms with Gasteiger partial charge in [0.05, 0.1) is 7.11 Å². The molecule has 3 heteroatoms. The second kappa shape index (κ2) is 6.80. The molecule has 1 saturated carbocycles. The lowest BCUT2D eigenvalue weighted by atomic mass is 9.84. The van der Waals surface area contributed by atoms with E-state index in [1.807, 2.05) is 12.1 Å². The maximum Gasteiger partial charge on any atom is 0.123 e. The summed E-state index contributed by atoms with van der Waals surface area (Å²) in [6, 6.07) is 6.00. The number of rotatable bonds is 5.